The van der Waals surface area contributed by atoms with Gasteiger partial charge in [-0.05, 0) is 44.0 Å². The summed E-state index contributed by atoms with van der Waals surface area (Å²) in [5.41, 5.74) is 2.29. The molecular weight excluding hydrogens is 268 g/mol. The van der Waals surface area contributed by atoms with Gasteiger partial charge in [0.1, 0.15) is 0 Å². The number of H-pyrrole nitrogens is 2. The van der Waals surface area contributed by atoms with Crippen LogP contribution in [0.25, 0.3) is 11.0 Å². The van der Waals surface area contributed by atoms with Gasteiger partial charge in [-0.3, -0.25) is 4.79 Å². The van der Waals surface area contributed by atoms with Crippen LogP contribution in [0.5, 0.6) is 0 Å². The quantitative estimate of drug-likeness (QED) is 0.683. The van der Waals surface area contributed by atoms with Gasteiger partial charge in [0.05, 0.1) is 23.1 Å². The van der Waals surface area contributed by atoms with Crippen molar-refractivity contribution in [3.8, 4) is 0 Å². The van der Waals surface area contributed by atoms with Crippen LogP contribution in [0.15, 0.2) is 23.0 Å². The van der Waals surface area contributed by atoms with Crippen molar-refractivity contribution >= 4 is 16.9 Å². The Kier molecular flexibility index (Phi) is 3.79. The summed E-state index contributed by atoms with van der Waals surface area (Å²) in [6.45, 7) is 2.86. The van der Waals surface area contributed by atoms with E-state index in [4.69, 9.17) is 0 Å². The van der Waals surface area contributed by atoms with Gasteiger partial charge in [0.25, 0.3) is 0 Å². The number of benzene rings is 1. The van der Waals surface area contributed by atoms with Crippen molar-refractivity contribution < 1.29 is 4.79 Å². The zero-order valence-electron chi connectivity index (χ0n) is 12.0. The van der Waals surface area contributed by atoms with Gasteiger partial charge < -0.3 is 20.6 Å². The summed E-state index contributed by atoms with van der Waals surface area (Å²) in [6, 6.07) is 5.49. The molecule has 1 unspecified atom stereocenters. The predicted octanol–water partition coefficient (Wildman–Crippen LogP) is 1.18. The maximum atomic E-state index is 12.2. The SMILES string of the molecule is CC(NC(=O)[C@H]1CCCCN1)c1ccc2[nH]c(=O)[nH]c2c1. The molecule has 2 heterocycles. The fourth-order valence-electron chi connectivity index (χ4n) is 2.79. The van der Waals surface area contributed by atoms with Gasteiger partial charge in [-0.2, -0.15) is 0 Å². The van der Waals surface area contributed by atoms with Gasteiger partial charge in [0.15, 0.2) is 0 Å². The van der Waals surface area contributed by atoms with Crippen molar-refractivity contribution in [2.24, 2.45) is 0 Å². The average molecular weight is 288 g/mol. The van der Waals surface area contributed by atoms with Crippen LogP contribution >= 0.6 is 0 Å². The minimum Gasteiger partial charge on any atom is -0.348 e. The van der Waals surface area contributed by atoms with Crippen molar-refractivity contribution in [1.29, 1.82) is 0 Å². The Bertz CT molecular complexity index is 697. The second-order valence-electron chi connectivity index (χ2n) is 5.62. The zero-order valence-corrected chi connectivity index (χ0v) is 12.0. The molecule has 0 bridgehead atoms. The normalized spacial score (nSPS) is 20.3. The first kappa shape index (κ1) is 13.9. The van der Waals surface area contributed by atoms with E-state index in [1.807, 2.05) is 25.1 Å². The predicted molar refractivity (Wildman–Crippen MR) is 81.1 cm³/mol. The molecule has 0 spiro atoms. The third kappa shape index (κ3) is 3.00. The summed E-state index contributed by atoms with van der Waals surface area (Å²) >= 11 is 0. The van der Waals surface area contributed by atoms with E-state index in [0.29, 0.717) is 0 Å². The topological polar surface area (TPSA) is 89.8 Å². The number of hydrogen-bond donors (Lipinski definition) is 4. The number of imidazole rings is 1. The molecule has 6 nitrogen and oxygen atoms in total. The first-order chi connectivity index (χ1) is 10.1. The number of hydrogen-bond acceptors (Lipinski definition) is 3. The van der Waals surface area contributed by atoms with Crippen molar-refractivity contribution in [2.75, 3.05) is 6.54 Å². The van der Waals surface area contributed by atoms with Crippen molar-refractivity contribution in [1.82, 2.24) is 20.6 Å². The number of carbonyl (C=O) groups is 1. The minimum absolute atomic E-state index is 0.0462. The van der Waals surface area contributed by atoms with Gasteiger partial charge in [-0.25, -0.2) is 4.79 Å². The van der Waals surface area contributed by atoms with E-state index >= 15 is 0 Å². The summed E-state index contributed by atoms with van der Waals surface area (Å²) in [7, 11) is 0. The van der Waals surface area contributed by atoms with Gasteiger partial charge in [-0.1, -0.05) is 12.5 Å². The van der Waals surface area contributed by atoms with Gasteiger partial charge in [-0.15, -0.1) is 0 Å². The lowest BCUT2D eigenvalue weighted by Crippen LogP contribution is -2.47. The summed E-state index contributed by atoms with van der Waals surface area (Å²) < 4.78 is 0. The van der Waals surface area contributed by atoms with Gasteiger partial charge in [0.2, 0.25) is 5.91 Å². The average Bonchev–Trinajstić information content (AvgIpc) is 2.87. The van der Waals surface area contributed by atoms with Crippen molar-refractivity contribution in [2.45, 2.75) is 38.3 Å². The number of fused-ring (bicyclic) bond motifs is 1. The second kappa shape index (κ2) is 5.73. The van der Waals surface area contributed by atoms with E-state index in [-0.39, 0.29) is 23.7 Å². The first-order valence-electron chi connectivity index (χ1n) is 7.39. The lowest BCUT2D eigenvalue weighted by Gasteiger charge is -2.24. The zero-order chi connectivity index (χ0) is 14.8. The number of aromatic amines is 2. The Hall–Kier alpha value is -2.08. The number of carbonyl (C=O) groups excluding carboxylic acids is 1. The Morgan fingerprint density at radius 2 is 2.10 bits per heavy atom. The lowest BCUT2D eigenvalue weighted by atomic mass is 10.0. The van der Waals surface area contributed by atoms with Crippen molar-refractivity contribution in [3.63, 3.8) is 0 Å². The molecule has 112 valence electrons. The monoisotopic (exact) mass is 288 g/mol. The number of aromatic nitrogens is 2. The molecule has 3 rings (SSSR count). The van der Waals surface area contributed by atoms with Crippen LogP contribution in [0.3, 0.4) is 0 Å². The molecule has 1 aliphatic rings. The molecule has 1 aromatic carbocycles. The van der Waals surface area contributed by atoms with E-state index in [1.165, 1.54) is 0 Å². The van der Waals surface area contributed by atoms with Crippen molar-refractivity contribution in [3.05, 3.63) is 34.2 Å². The molecule has 1 fully saturated rings. The first-order valence-corrected chi connectivity index (χ1v) is 7.39. The van der Waals surface area contributed by atoms with Crippen LogP contribution in [0, 0.1) is 0 Å². The molecule has 21 heavy (non-hydrogen) atoms. The van der Waals surface area contributed by atoms with Gasteiger partial charge >= 0.3 is 5.69 Å². The van der Waals surface area contributed by atoms with Crippen LogP contribution in [0.2, 0.25) is 0 Å². The number of piperidine rings is 1. The Labute approximate surface area is 122 Å². The standard InChI is InChI=1S/C15H20N4O2/c1-9(17-14(20)12-4-2-3-7-16-12)10-5-6-11-13(8-10)19-15(21)18-11/h5-6,8-9,12,16H,2-4,7H2,1H3,(H,17,20)(H2,18,19,21)/t9?,12-/m1/s1. The molecule has 0 saturated carbocycles. The summed E-state index contributed by atoms with van der Waals surface area (Å²) in [5.74, 6) is 0.0462. The maximum Gasteiger partial charge on any atom is 0.323 e. The molecule has 1 aromatic heterocycles. The lowest BCUT2D eigenvalue weighted by molar-refractivity contribution is -0.124. The third-order valence-electron chi connectivity index (χ3n) is 4.03. The van der Waals surface area contributed by atoms with E-state index in [1.54, 1.807) is 0 Å². The van der Waals surface area contributed by atoms with E-state index in [2.05, 4.69) is 20.6 Å². The Balaban J connectivity index is 1.72. The van der Waals surface area contributed by atoms with E-state index in [0.717, 1.165) is 42.4 Å². The highest BCUT2D eigenvalue weighted by atomic mass is 16.2. The fraction of sp³-hybridized carbons (Fsp3) is 0.467. The molecule has 1 saturated heterocycles. The summed E-state index contributed by atoms with van der Waals surface area (Å²) in [5, 5.41) is 6.28. The smallest absolute Gasteiger partial charge is 0.323 e. The maximum absolute atomic E-state index is 12.2. The second-order valence-corrected chi connectivity index (χ2v) is 5.62. The highest BCUT2D eigenvalue weighted by Crippen LogP contribution is 2.17. The molecule has 0 aliphatic carbocycles. The third-order valence-corrected chi connectivity index (χ3v) is 4.03. The van der Waals surface area contributed by atoms with E-state index in [9.17, 15) is 9.59 Å². The van der Waals surface area contributed by atoms with Crippen LogP contribution < -0.4 is 16.3 Å². The Morgan fingerprint density at radius 1 is 1.29 bits per heavy atom. The molecule has 0 radical (unpaired) electrons. The van der Waals surface area contributed by atoms with E-state index < -0.39 is 0 Å². The molecular formula is C15H20N4O2. The minimum atomic E-state index is -0.217. The van der Waals surface area contributed by atoms with Crippen LogP contribution in [-0.2, 0) is 4.79 Å². The highest BCUT2D eigenvalue weighted by Gasteiger charge is 2.22. The molecule has 2 aromatic rings. The van der Waals surface area contributed by atoms with Crippen LogP contribution in [0.4, 0.5) is 0 Å². The summed E-state index contributed by atoms with van der Waals surface area (Å²) in [4.78, 5) is 28.9. The molecule has 2 atom stereocenters. The molecule has 1 amide bonds. The fourth-order valence-corrected chi connectivity index (χ4v) is 2.79. The number of rotatable bonds is 3. The van der Waals surface area contributed by atoms with Crippen LogP contribution in [0.1, 0.15) is 37.8 Å². The summed E-state index contributed by atoms with van der Waals surface area (Å²) in [6.07, 6.45) is 3.12. The number of nitrogens with one attached hydrogen (secondary N) is 4. The molecule has 1 aliphatic heterocycles. The molecule has 6 heteroatoms. The Morgan fingerprint density at radius 3 is 2.86 bits per heavy atom. The van der Waals surface area contributed by atoms with Crippen LogP contribution in [-0.4, -0.2) is 28.5 Å². The highest BCUT2D eigenvalue weighted by molar-refractivity contribution is 5.82. The van der Waals surface area contributed by atoms with Gasteiger partial charge in [0, 0.05) is 0 Å². The largest absolute Gasteiger partial charge is 0.348 e. The number of amides is 1. The molecule has 4 N–H and O–H groups in total.